The van der Waals surface area contributed by atoms with Crippen LogP contribution in [0.25, 0.3) is 0 Å². The molecule has 36 heavy (non-hydrogen) atoms. The highest BCUT2D eigenvalue weighted by atomic mass is 32.2. The Labute approximate surface area is 211 Å². The zero-order valence-corrected chi connectivity index (χ0v) is 21.5. The Kier molecular flexibility index (Phi) is 8.76. The standard InChI is InChI=1S/C26H30N2O7S/c1-18(2)14-26(30)28(17-22-6-5-13-34-22)16-20-7-12-24(33-4)25(15-20)35-36(31,32)23-10-8-21(9-11-23)27-19(3)29/h5-13,15,18H,14,16-17H2,1-4H3,(H,27,29). The van der Waals surface area contributed by atoms with Crippen molar-refractivity contribution in [1.29, 1.82) is 0 Å². The summed E-state index contributed by atoms with van der Waals surface area (Å²) in [5.41, 5.74) is 1.12. The molecule has 0 bridgehead atoms. The quantitative estimate of drug-likeness (QED) is 0.372. The predicted octanol–water partition coefficient (Wildman–Crippen LogP) is 4.59. The first-order valence-corrected chi connectivity index (χ1v) is 12.8. The van der Waals surface area contributed by atoms with Crippen molar-refractivity contribution in [3.05, 3.63) is 72.2 Å². The third kappa shape index (κ3) is 7.35. The smallest absolute Gasteiger partial charge is 0.339 e. The summed E-state index contributed by atoms with van der Waals surface area (Å²) in [6.45, 7) is 5.79. The second kappa shape index (κ2) is 11.8. The van der Waals surface area contributed by atoms with Crippen LogP contribution in [0, 0.1) is 5.92 Å². The maximum atomic E-state index is 12.9. The van der Waals surface area contributed by atoms with E-state index in [4.69, 9.17) is 13.3 Å². The van der Waals surface area contributed by atoms with E-state index in [0.717, 1.165) is 0 Å². The zero-order chi connectivity index (χ0) is 26.3. The summed E-state index contributed by atoms with van der Waals surface area (Å²) in [5, 5.41) is 2.58. The van der Waals surface area contributed by atoms with Crippen LogP contribution in [0.15, 0.2) is 70.2 Å². The van der Waals surface area contributed by atoms with Crippen molar-refractivity contribution in [2.45, 2.75) is 45.2 Å². The fraction of sp³-hybridized carbons (Fsp3) is 0.308. The SMILES string of the molecule is COc1ccc(CN(Cc2ccco2)C(=O)CC(C)C)cc1OS(=O)(=O)c1ccc(NC(C)=O)cc1. The number of hydrogen-bond donors (Lipinski definition) is 1. The van der Waals surface area contributed by atoms with Gasteiger partial charge in [0.15, 0.2) is 11.5 Å². The van der Waals surface area contributed by atoms with Crippen LogP contribution < -0.4 is 14.2 Å². The van der Waals surface area contributed by atoms with Crippen molar-refractivity contribution in [2.24, 2.45) is 5.92 Å². The molecule has 0 saturated carbocycles. The van der Waals surface area contributed by atoms with Crippen LogP contribution >= 0.6 is 0 Å². The van der Waals surface area contributed by atoms with Crippen molar-refractivity contribution in [3.63, 3.8) is 0 Å². The molecule has 9 nitrogen and oxygen atoms in total. The zero-order valence-electron chi connectivity index (χ0n) is 20.7. The normalized spacial score (nSPS) is 11.2. The van der Waals surface area contributed by atoms with E-state index in [0.29, 0.717) is 23.4 Å². The first kappa shape index (κ1) is 26.8. The topological polar surface area (TPSA) is 115 Å². The molecule has 3 aromatic rings. The second-order valence-corrected chi connectivity index (χ2v) is 10.2. The summed E-state index contributed by atoms with van der Waals surface area (Å²) >= 11 is 0. The van der Waals surface area contributed by atoms with Gasteiger partial charge in [-0.3, -0.25) is 9.59 Å². The number of benzene rings is 2. The fourth-order valence-electron chi connectivity index (χ4n) is 3.48. The third-order valence-corrected chi connectivity index (χ3v) is 6.38. The van der Waals surface area contributed by atoms with Crippen molar-refractivity contribution in [2.75, 3.05) is 12.4 Å². The first-order chi connectivity index (χ1) is 17.1. The number of methoxy groups -OCH3 is 1. The van der Waals surface area contributed by atoms with Gasteiger partial charge in [0.25, 0.3) is 0 Å². The lowest BCUT2D eigenvalue weighted by Crippen LogP contribution is -2.30. The predicted molar refractivity (Wildman–Crippen MR) is 134 cm³/mol. The molecule has 1 aromatic heterocycles. The summed E-state index contributed by atoms with van der Waals surface area (Å²) in [6.07, 6.45) is 1.91. The lowest BCUT2D eigenvalue weighted by atomic mass is 10.1. The van der Waals surface area contributed by atoms with Crippen molar-refractivity contribution in [1.82, 2.24) is 4.90 Å². The largest absolute Gasteiger partial charge is 0.493 e. The summed E-state index contributed by atoms with van der Waals surface area (Å²) in [4.78, 5) is 25.7. The molecule has 0 unspecified atom stereocenters. The lowest BCUT2D eigenvalue weighted by Gasteiger charge is -2.23. The molecule has 2 amide bonds. The van der Waals surface area contributed by atoms with Gasteiger partial charge in [-0.05, 0) is 60.0 Å². The average Bonchev–Trinajstić information content (AvgIpc) is 3.31. The number of nitrogens with one attached hydrogen (secondary N) is 1. The molecule has 2 aromatic carbocycles. The number of carbonyl (C=O) groups is 2. The van der Waals surface area contributed by atoms with Gasteiger partial charge >= 0.3 is 10.1 Å². The second-order valence-electron chi connectivity index (χ2n) is 8.66. The highest BCUT2D eigenvalue weighted by molar-refractivity contribution is 7.87. The molecule has 1 N–H and O–H groups in total. The summed E-state index contributed by atoms with van der Waals surface area (Å²) in [7, 11) is -2.79. The van der Waals surface area contributed by atoms with Crippen LogP contribution in [-0.2, 0) is 32.8 Å². The highest BCUT2D eigenvalue weighted by Gasteiger charge is 2.22. The Balaban J connectivity index is 1.85. The van der Waals surface area contributed by atoms with Gasteiger partial charge in [0, 0.05) is 25.6 Å². The minimum absolute atomic E-state index is 0.00445. The van der Waals surface area contributed by atoms with Gasteiger partial charge in [-0.15, -0.1) is 0 Å². The monoisotopic (exact) mass is 514 g/mol. The Bertz CT molecular complexity index is 1280. The van der Waals surface area contributed by atoms with E-state index < -0.39 is 10.1 Å². The Morgan fingerprint density at radius 3 is 2.33 bits per heavy atom. The number of amides is 2. The Morgan fingerprint density at radius 2 is 1.75 bits per heavy atom. The van der Waals surface area contributed by atoms with E-state index in [-0.39, 0.29) is 47.2 Å². The van der Waals surface area contributed by atoms with Gasteiger partial charge in [0.1, 0.15) is 10.7 Å². The lowest BCUT2D eigenvalue weighted by molar-refractivity contribution is -0.133. The molecule has 0 saturated heterocycles. The summed E-state index contributed by atoms with van der Waals surface area (Å²) < 4.78 is 42.0. The molecule has 0 radical (unpaired) electrons. The highest BCUT2D eigenvalue weighted by Crippen LogP contribution is 2.32. The molecule has 0 atom stereocenters. The van der Waals surface area contributed by atoms with Crippen molar-refractivity contribution in [3.8, 4) is 11.5 Å². The maximum Gasteiger partial charge on any atom is 0.339 e. The summed E-state index contributed by atoms with van der Waals surface area (Å²) in [5.74, 6) is 0.720. The molecule has 0 fully saturated rings. The maximum absolute atomic E-state index is 12.9. The fourth-order valence-corrected chi connectivity index (χ4v) is 4.41. The number of rotatable bonds is 11. The van der Waals surface area contributed by atoms with Crippen LogP contribution in [0.5, 0.6) is 11.5 Å². The minimum atomic E-state index is -4.20. The molecule has 0 aliphatic rings. The van der Waals surface area contributed by atoms with E-state index in [1.165, 1.54) is 38.3 Å². The molecule has 3 rings (SSSR count). The summed E-state index contributed by atoms with van der Waals surface area (Å²) in [6, 6.07) is 14.1. The van der Waals surface area contributed by atoms with Crippen LogP contribution in [0.4, 0.5) is 5.69 Å². The van der Waals surface area contributed by atoms with E-state index in [9.17, 15) is 18.0 Å². The number of nitrogens with zero attached hydrogens (tertiary/aromatic N) is 1. The molecular weight excluding hydrogens is 484 g/mol. The van der Waals surface area contributed by atoms with Gasteiger partial charge in [0.2, 0.25) is 11.8 Å². The average molecular weight is 515 g/mol. The molecular formula is C26H30N2O7S. The molecule has 1 heterocycles. The van der Waals surface area contributed by atoms with Crippen LogP contribution in [0.2, 0.25) is 0 Å². The van der Waals surface area contributed by atoms with Gasteiger partial charge < -0.3 is 23.6 Å². The van der Waals surface area contributed by atoms with Crippen molar-refractivity contribution >= 4 is 27.6 Å². The molecule has 0 aliphatic carbocycles. The van der Waals surface area contributed by atoms with Gasteiger partial charge in [-0.1, -0.05) is 19.9 Å². The van der Waals surface area contributed by atoms with Gasteiger partial charge in [-0.25, -0.2) is 0 Å². The van der Waals surface area contributed by atoms with E-state index in [1.807, 2.05) is 13.8 Å². The number of hydrogen-bond acceptors (Lipinski definition) is 7. The van der Waals surface area contributed by atoms with E-state index in [2.05, 4.69) is 5.32 Å². The third-order valence-electron chi connectivity index (χ3n) is 5.13. The number of anilines is 1. The van der Waals surface area contributed by atoms with Crippen molar-refractivity contribution < 1.29 is 31.3 Å². The number of ether oxygens (including phenoxy) is 1. The Morgan fingerprint density at radius 1 is 1.03 bits per heavy atom. The first-order valence-electron chi connectivity index (χ1n) is 11.4. The number of furan rings is 1. The van der Waals surface area contributed by atoms with Crippen LogP contribution in [0.3, 0.4) is 0 Å². The molecule has 0 spiro atoms. The minimum Gasteiger partial charge on any atom is -0.493 e. The van der Waals surface area contributed by atoms with Gasteiger partial charge in [-0.2, -0.15) is 8.42 Å². The van der Waals surface area contributed by atoms with Gasteiger partial charge in [0.05, 0.1) is 19.9 Å². The van der Waals surface area contributed by atoms with E-state index in [1.54, 1.807) is 41.5 Å². The van der Waals surface area contributed by atoms with E-state index >= 15 is 0 Å². The Hall–Kier alpha value is -3.79. The molecule has 192 valence electrons. The van der Waals surface area contributed by atoms with Crippen LogP contribution in [-0.4, -0.2) is 32.2 Å². The molecule has 10 heteroatoms. The molecule has 0 aliphatic heterocycles. The number of carbonyl (C=O) groups excluding carboxylic acids is 2. The van der Waals surface area contributed by atoms with Crippen LogP contribution in [0.1, 0.15) is 38.5 Å².